The van der Waals surface area contributed by atoms with E-state index in [0.29, 0.717) is 0 Å². The number of hydrogen-bond acceptors (Lipinski definition) is 10. The SMILES string of the molecule is CSC(=NN=Cc1ccc2ccccc2n1)SSC(=NN=Cc1ccc2ccccc2n1)SC. The van der Waals surface area contributed by atoms with E-state index in [-0.39, 0.29) is 0 Å². The second kappa shape index (κ2) is 12.7. The van der Waals surface area contributed by atoms with Crippen molar-refractivity contribution in [3.8, 4) is 0 Å². The van der Waals surface area contributed by atoms with Gasteiger partial charge in [0.25, 0.3) is 0 Å². The van der Waals surface area contributed by atoms with Crippen molar-refractivity contribution in [1.29, 1.82) is 0 Å². The van der Waals surface area contributed by atoms with E-state index in [0.717, 1.165) is 41.9 Å². The van der Waals surface area contributed by atoms with Crippen molar-refractivity contribution in [2.45, 2.75) is 0 Å². The molecule has 0 aliphatic heterocycles. The van der Waals surface area contributed by atoms with E-state index in [2.05, 4.69) is 30.4 Å². The molecule has 34 heavy (non-hydrogen) atoms. The second-order valence-corrected chi connectivity index (χ2v) is 10.9. The summed E-state index contributed by atoms with van der Waals surface area (Å²) in [6.07, 6.45) is 7.27. The van der Waals surface area contributed by atoms with Gasteiger partial charge >= 0.3 is 0 Å². The predicted octanol–water partition coefficient (Wildman–Crippen LogP) is 6.97. The topological polar surface area (TPSA) is 75.2 Å². The summed E-state index contributed by atoms with van der Waals surface area (Å²) in [5, 5.41) is 19.3. The van der Waals surface area contributed by atoms with Crippen LogP contribution in [0.5, 0.6) is 0 Å². The largest absolute Gasteiger partial charge is 0.247 e. The lowest BCUT2D eigenvalue weighted by molar-refractivity contribution is 1.26. The van der Waals surface area contributed by atoms with Crippen molar-refractivity contribution < 1.29 is 0 Å². The Hall–Kier alpha value is -2.66. The molecule has 0 saturated carbocycles. The zero-order valence-electron chi connectivity index (χ0n) is 18.4. The number of para-hydroxylation sites is 2. The molecule has 0 unspecified atom stereocenters. The zero-order valence-corrected chi connectivity index (χ0v) is 21.7. The summed E-state index contributed by atoms with van der Waals surface area (Å²) in [7, 11) is 2.99. The zero-order chi connectivity index (χ0) is 23.6. The summed E-state index contributed by atoms with van der Waals surface area (Å²) in [6, 6.07) is 23.9. The standard InChI is InChI=1S/C24H20N6S4/c1-31-23(29-25-15-19-13-11-17-7-3-5-9-21(17)27-19)33-34-24(32-2)30-26-16-20-14-12-18-8-4-6-10-22(18)28-20/h3-16H,1-2H3. The van der Waals surface area contributed by atoms with Crippen LogP contribution in [0.3, 0.4) is 0 Å². The molecule has 4 rings (SSSR count). The van der Waals surface area contributed by atoms with Crippen LogP contribution in [-0.2, 0) is 0 Å². The highest BCUT2D eigenvalue weighted by Gasteiger charge is 2.05. The molecule has 2 aromatic heterocycles. The van der Waals surface area contributed by atoms with Gasteiger partial charge in [0.2, 0.25) is 0 Å². The van der Waals surface area contributed by atoms with Crippen LogP contribution in [0, 0.1) is 0 Å². The van der Waals surface area contributed by atoms with Crippen LogP contribution < -0.4 is 0 Å². The molecule has 2 aromatic carbocycles. The molecule has 0 fully saturated rings. The van der Waals surface area contributed by atoms with Crippen LogP contribution in [0.1, 0.15) is 11.4 Å². The van der Waals surface area contributed by atoms with Gasteiger partial charge in [0.1, 0.15) is 0 Å². The molecular formula is C24H20N6S4. The Balaban J connectivity index is 1.36. The Morgan fingerprint density at radius 2 is 1.06 bits per heavy atom. The van der Waals surface area contributed by atoms with Gasteiger partial charge in [0.15, 0.2) is 8.75 Å². The third-order valence-corrected chi connectivity index (χ3v) is 9.16. The van der Waals surface area contributed by atoms with Crippen molar-refractivity contribution in [1.82, 2.24) is 9.97 Å². The first kappa shape index (κ1) is 24.5. The molecule has 0 amide bonds. The first-order chi connectivity index (χ1) is 16.7. The number of thioether (sulfide) groups is 2. The van der Waals surface area contributed by atoms with E-state index in [1.807, 2.05) is 85.3 Å². The Bertz CT molecular complexity index is 1290. The molecule has 4 aromatic rings. The van der Waals surface area contributed by atoms with E-state index < -0.39 is 0 Å². The summed E-state index contributed by atoms with van der Waals surface area (Å²) >= 11 is 3.05. The fourth-order valence-corrected chi connectivity index (χ4v) is 6.40. The van der Waals surface area contributed by atoms with Crippen LogP contribution in [-0.4, -0.2) is 43.7 Å². The number of rotatable bonds is 4. The molecule has 0 aliphatic carbocycles. The highest BCUT2D eigenvalue weighted by atomic mass is 33.1. The van der Waals surface area contributed by atoms with Gasteiger partial charge in [-0.1, -0.05) is 48.5 Å². The van der Waals surface area contributed by atoms with Crippen LogP contribution >= 0.6 is 45.1 Å². The molecule has 2 heterocycles. The minimum absolute atomic E-state index is 0.767. The maximum Gasteiger partial charge on any atom is 0.163 e. The van der Waals surface area contributed by atoms with E-state index in [4.69, 9.17) is 0 Å². The van der Waals surface area contributed by atoms with Crippen LogP contribution in [0.4, 0.5) is 0 Å². The van der Waals surface area contributed by atoms with E-state index in [9.17, 15) is 0 Å². The normalized spacial score (nSPS) is 13.0. The quantitative estimate of drug-likeness (QED) is 0.125. The van der Waals surface area contributed by atoms with Crippen LogP contribution in [0.2, 0.25) is 0 Å². The number of hydrogen-bond donors (Lipinski definition) is 0. The molecule has 0 radical (unpaired) electrons. The predicted molar refractivity (Wildman–Crippen MR) is 156 cm³/mol. The number of pyridine rings is 2. The van der Waals surface area contributed by atoms with Crippen LogP contribution in [0.25, 0.3) is 21.8 Å². The van der Waals surface area contributed by atoms with E-state index in [1.54, 1.807) is 12.4 Å². The molecular weight excluding hydrogens is 501 g/mol. The number of fused-ring (bicyclic) bond motifs is 2. The van der Waals surface area contributed by atoms with Gasteiger partial charge in [-0.2, -0.15) is 10.2 Å². The maximum atomic E-state index is 4.58. The minimum atomic E-state index is 0.767. The van der Waals surface area contributed by atoms with Gasteiger partial charge in [-0.05, 0) is 58.4 Å². The Labute approximate surface area is 214 Å². The molecule has 0 saturated heterocycles. The van der Waals surface area contributed by atoms with Gasteiger partial charge in [0, 0.05) is 10.8 Å². The summed E-state index contributed by atoms with van der Waals surface area (Å²) in [5.41, 5.74) is 3.41. The Morgan fingerprint density at radius 1 is 0.618 bits per heavy atom. The van der Waals surface area contributed by atoms with Crippen LogP contribution in [0.15, 0.2) is 93.2 Å². The Kier molecular flexibility index (Phi) is 9.14. The van der Waals surface area contributed by atoms with Crippen molar-refractivity contribution >= 4 is 88.1 Å². The molecule has 10 heteroatoms. The van der Waals surface area contributed by atoms with E-state index >= 15 is 0 Å². The lowest BCUT2D eigenvalue weighted by Crippen LogP contribution is -1.89. The van der Waals surface area contributed by atoms with Gasteiger partial charge in [-0.3, -0.25) is 0 Å². The average molecular weight is 521 g/mol. The fraction of sp³-hybridized carbons (Fsp3) is 0.0833. The first-order valence-electron chi connectivity index (χ1n) is 10.1. The van der Waals surface area contributed by atoms with Gasteiger partial charge < -0.3 is 0 Å². The summed E-state index contributed by atoms with van der Waals surface area (Å²) in [6.45, 7) is 0. The highest BCUT2D eigenvalue weighted by Crippen LogP contribution is 2.32. The molecule has 6 nitrogen and oxygen atoms in total. The molecule has 0 atom stereocenters. The smallest absolute Gasteiger partial charge is 0.163 e. The lowest BCUT2D eigenvalue weighted by Gasteiger charge is -2.01. The third kappa shape index (κ3) is 6.92. The highest BCUT2D eigenvalue weighted by molar-refractivity contribution is 8.93. The average Bonchev–Trinajstić information content (AvgIpc) is 2.89. The fourth-order valence-electron chi connectivity index (χ4n) is 2.83. The van der Waals surface area contributed by atoms with Crippen molar-refractivity contribution in [2.24, 2.45) is 20.4 Å². The van der Waals surface area contributed by atoms with Gasteiger partial charge in [0.05, 0.1) is 34.9 Å². The second-order valence-electron chi connectivity index (χ2n) is 6.65. The molecule has 170 valence electrons. The summed E-state index contributed by atoms with van der Waals surface area (Å²) in [5.74, 6) is 0. The molecule has 0 spiro atoms. The molecule has 0 N–H and O–H groups in total. The van der Waals surface area contributed by atoms with Crippen molar-refractivity contribution in [3.05, 3.63) is 84.2 Å². The molecule has 0 bridgehead atoms. The van der Waals surface area contributed by atoms with E-state index in [1.165, 1.54) is 45.1 Å². The molecule has 0 aliphatic rings. The summed E-state index contributed by atoms with van der Waals surface area (Å²) < 4.78 is 1.62. The maximum absolute atomic E-state index is 4.58. The lowest BCUT2D eigenvalue weighted by atomic mass is 10.2. The number of benzene rings is 2. The summed E-state index contributed by atoms with van der Waals surface area (Å²) in [4.78, 5) is 9.16. The Morgan fingerprint density at radius 3 is 1.50 bits per heavy atom. The van der Waals surface area contributed by atoms with Gasteiger partial charge in [-0.15, -0.1) is 33.7 Å². The number of nitrogens with zero attached hydrogens (tertiary/aromatic N) is 6. The van der Waals surface area contributed by atoms with Crippen molar-refractivity contribution in [2.75, 3.05) is 12.5 Å². The van der Waals surface area contributed by atoms with Gasteiger partial charge in [-0.25, -0.2) is 9.97 Å². The number of aromatic nitrogens is 2. The van der Waals surface area contributed by atoms with Crippen molar-refractivity contribution in [3.63, 3.8) is 0 Å². The first-order valence-corrected chi connectivity index (χ1v) is 14.7. The third-order valence-electron chi connectivity index (χ3n) is 4.43. The monoisotopic (exact) mass is 520 g/mol. The minimum Gasteiger partial charge on any atom is -0.247 e.